The Kier molecular flexibility index (Phi) is 4.75. The van der Waals surface area contributed by atoms with Gasteiger partial charge in [0.05, 0.1) is 18.3 Å². The maximum absolute atomic E-state index is 13.1. The average molecular weight is 380 g/mol. The van der Waals surface area contributed by atoms with Crippen molar-refractivity contribution in [1.82, 2.24) is 9.55 Å². The van der Waals surface area contributed by atoms with Crippen molar-refractivity contribution < 1.29 is 4.74 Å². The molecule has 0 bridgehead atoms. The number of piperidine rings is 1. The van der Waals surface area contributed by atoms with Crippen LogP contribution in [-0.4, -0.2) is 35.4 Å². The number of anilines is 2. The van der Waals surface area contributed by atoms with Crippen molar-refractivity contribution in [2.75, 3.05) is 30.3 Å². The second-order valence-corrected chi connectivity index (χ2v) is 8.13. The third kappa shape index (κ3) is 3.11. The zero-order valence-corrected chi connectivity index (χ0v) is 16.6. The molecule has 2 aromatic rings. The molecule has 2 aliphatic heterocycles. The summed E-state index contributed by atoms with van der Waals surface area (Å²) < 4.78 is 7.48. The quantitative estimate of drug-likeness (QED) is 0.829. The van der Waals surface area contributed by atoms with E-state index in [1.165, 1.54) is 0 Å². The van der Waals surface area contributed by atoms with Gasteiger partial charge in [0, 0.05) is 20.1 Å². The lowest BCUT2D eigenvalue weighted by Gasteiger charge is -2.39. The van der Waals surface area contributed by atoms with Crippen LogP contribution >= 0.6 is 0 Å². The lowest BCUT2D eigenvalue weighted by Crippen LogP contribution is -2.43. The highest BCUT2D eigenvalue weighted by Crippen LogP contribution is 2.42. The summed E-state index contributed by atoms with van der Waals surface area (Å²) in [5.74, 6) is 0.942. The molecule has 0 saturated carbocycles. The molecular formula is C22H28N4O2. The van der Waals surface area contributed by atoms with E-state index in [1.54, 1.807) is 11.6 Å². The van der Waals surface area contributed by atoms with Crippen molar-refractivity contribution in [3.8, 4) is 11.1 Å². The molecule has 2 fully saturated rings. The van der Waals surface area contributed by atoms with E-state index in [0.717, 1.165) is 50.1 Å². The van der Waals surface area contributed by atoms with Crippen molar-refractivity contribution in [2.45, 2.75) is 32.3 Å². The molecule has 0 amide bonds. The maximum atomic E-state index is 13.1. The summed E-state index contributed by atoms with van der Waals surface area (Å²) in [5, 5.41) is 0. The van der Waals surface area contributed by atoms with Crippen LogP contribution in [0.15, 0.2) is 41.7 Å². The standard InChI is InChI=1S/C22H28N4O2/c1-4-16-13-22(14-28-16)9-11-26(12-10-22)21-24-19(23)18(20(27)25(21)3)17-8-6-5-7-15(17)2/h4-8,16H,1,9-14,23H2,2-3H3/t16-/m0/s1. The van der Waals surface area contributed by atoms with Crippen LogP contribution in [0.4, 0.5) is 11.8 Å². The van der Waals surface area contributed by atoms with Crippen molar-refractivity contribution in [2.24, 2.45) is 12.5 Å². The first-order chi connectivity index (χ1) is 13.4. The van der Waals surface area contributed by atoms with Gasteiger partial charge in [-0.2, -0.15) is 4.98 Å². The molecule has 2 saturated heterocycles. The summed E-state index contributed by atoms with van der Waals surface area (Å²) in [6, 6.07) is 7.77. The van der Waals surface area contributed by atoms with Gasteiger partial charge in [-0.3, -0.25) is 9.36 Å². The summed E-state index contributed by atoms with van der Waals surface area (Å²) in [5.41, 5.74) is 8.73. The first-order valence-electron chi connectivity index (χ1n) is 9.86. The molecule has 0 aliphatic carbocycles. The molecule has 2 N–H and O–H groups in total. The minimum Gasteiger partial charge on any atom is -0.383 e. The highest BCUT2D eigenvalue weighted by molar-refractivity contribution is 5.76. The minimum absolute atomic E-state index is 0.104. The van der Waals surface area contributed by atoms with Gasteiger partial charge in [-0.1, -0.05) is 30.3 Å². The molecule has 0 radical (unpaired) electrons. The molecule has 6 nitrogen and oxygen atoms in total. The third-order valence-electron chi connectivity index (χ3n) is 6.32. The molecule has 3 heterocycles. The van der Waals surface area contributed by atoms with E-state index >= 15 is 0 Å². The molecule has 1 aromatic carbocycles. The first-order valence-corrected chi connectivity index (χ1v) is 9.86. The van der Waals surface area contributed by atoms with E-state index in [0.29, 0.717) is 17.3 Å². The number of aromatic nitrogens is 2. The van der Waals surface area contributed by atoms with Crippen LogP contribution in [-0.2, 0) is 11.8 Å². The Hall–Kier alpha value is -2.60. The Balaban J connectivity index is 1.61. The van der Waals surface area contributed by atoms with Crippen LogP contribution < -0.4 is 16.2 Å². The van der Waals surface area contributed by atoms with Crippen LogP contribution in [0.5, 0.6) is 0 Å². The minimum atomic E-state index is -0.104. The van der Waals surface area contributed by atoms with Crippen LogP contribution in [0, 0.1) is 12.3 Å². The second-order valence-electron chi connectivity index (χ2n) is 8.13. The topological polar surface area (TPSA) is 73.4 Å². The lowest BCUT2D eigenvalue weighted by atomic mass is 9.77. The number of hydrogen-bond acceptors (Lipinski definition) is 5. The SMILES string of the molecule is C=C[C@H]1CC2(CCN(c3nc(N)c(-c4ccccc4C)c(=O)n3C)CC2)CO1. The smallest absolute Gasteiger partial charge is 0.264 e. The molecule has 1 atom stereocenters. The number of rotatable bonds is 3. The molecule has 1 aromatic heterocycles. The Bertz CT molecular complexity index is 957. The Labute approximate surface area is 165 Å². The summed E-state index contributed by atoms with van der Waals surface area (Å²) >= 11 is 0. The van der Waals surface area contributed by atoms with Crippen LogP contribution in [0.3, 0.4) is 0 Å². The molecule has 0 unspecified atom stereocenters. The zero-order chi connectivity index (χ0) is 19.9. The molecule has 28 heavy (non-hydrogen) atoms. The predicted molar refractivity (Wildman–Crippen MR) is 112 cm³/mol. The maximum Gasteiger partial charge on any atom is 0.264 e. The number of ether oxygens (including phenoxy) is 1. The third-order valence-corrected chi connectivity index (χ3v) is 6.32. The van der Waals surface area contributed by atoms with Gasteiger partial charge in [-0.15, -0.1) is 6.58 Å². The highest BCUT2D eigenvalue weighted by Gasteiger charge is 2.42. The van der Waals surface area contributed by atoms with E-state index in [4.69, 9.17) is 10.5 Å². The Morgan fingerprint density at radius 3 is 2.68 bits per heavy atom. The van der Waals surface area contributed by atoms with E-state index < -0.39 is 0 Å². The molecule has 4 rings (SSSR count). The number of hydrogen-bond donors (Lipinski definition) is 1. The van der Waals surface area contributed by atoms with Gasteiger partial charge in [0.2, 0.25) is 5.95 Å². The Morgan fingerprint density at radius 1 is 1.32 bits per heavy atom. The summed E-state index contributed by atoms with van der Waals surface area (Å²) in [7, 11) is 1.78. The fourth-order valence-electron chi connectivity index (χ4n) is 4.51. The van der Waals surface area contributed by atoms with Crippen LogP contribution in [0.1, 0.15) is 24.8 Å². The molecule has 148 valence electrons. The highest BCUT2D eigenvalue weighted by atomic mass is 16.5. The van der Waals surface area contributed by atoms with Crippen LogP contribution in [0.25, 0.3) is 11.1 Å². The van der Waals surface area contributed by atoms with Crippen molar-refractivity contribution in [3.63, 3.8) is 0 Å². The fourth-order valence-corrected chi connectivity index (χ4v) is 4.51. The zero-order valence-electron chi connectivity index (χ0n) is 16.6. The van der Waals surface area contributed by atoms with Crippen molar-refractivity contribution in [1.29, 1.82) is 0 Å². The normalized spacial score (nSPS) is 21.2. The largest absolute Gasteiger partial charge is 0.383 e. The van der Waals surface area contributed by atoms with E-state index in [2.05, 4.69) is 16.5 Å². The van der Waals surface area contributed by atoms with Gasteiger partial charge < -0.3 is 15.4 Å². The molecule has 2 aliphatic rings. The fraction of sp³-hybridized carbons (Fsp3) is 0.455. The first kappa shape index (κ1) is 18.7. The number of nitrogens with zero attached hydrogens (tertiary/aromatic N) is 3. The van der Waals surface area contributed by atoms with Gasteiger partial charge in [0.15, 0.2) is 0 Å². The van der Waals surface area contributed by atoms with E-state index in [9.17, 15) is 4.79 Å². The molecule has 1 spiro atoms. The summed E-state index contributed by atoms with van der Waals surface area (Å²) in [4.78, 5) is 19.9. The van der Waals surface area contributed by atoms with E-state index in [1.807, 2.05) is 37.3 Å². The number of nitrogens with two attached hydrogens (primary N) is 1. The van der Waals surface area contributed by atoms with Gasteiger partial charge in [-0.25, -0.2) is 0 Å². The van der Waals surface area contributed by atoms with E-state index in [-0.39, 0.29) is 17.1 Å². The molecule has 6 heteroatoms. The molecular weight excluding hydrogens is 352 g/mol. The predicted octanol–water partition coefficient (Wildman–Crippen LogP) is 2.90. The van der Waals surface area contributed by atoms with Gasteiger partial charge in [0.1, 0.15) is 5.82 Å². The Morgan fingerprint density at radius 2 is 2.04 bits per heavy atom. The monoisotopic (exact) mass is 380 g/mol. The van der Waals surface area contributed by atoms with Crippen molar-refractivity contribution >= 4 is 11.8 Å². The summed E-state index contributed by atoms with van der Waals surface area (Å²) in [6.45, 7) is 8.31. The van der Waals surface area contributed by atoms with Gasteiger partial charge in [0.25, 0.3) is 5.56 Å². The number of nitrogen functional groups attached to an aromatic ring is 1. The number of aryl methyl sites for hydroxylation is 1. The van der Waals surface area contributed by atoms with Crippen molar-refractivity contribution in [3.05, 3.63) is 52.8 Å². The average Bonchev–Trinajstić information content (AvgIpc) is 3.10. The summed E-state index contributed by atoms with van der Waals surface area (Å²) in [6.07, 6.45) is 5.14. The number of benzene rings is 1. The second kappa shape index (κ2) is 7.09. The van der Waals surface area contributed by atoms with Gasteiger partial charge in [-0.05, 0) is 42.7 Å². The van der Waals surface area contributed by atoms with Crippen LogP contribution in [0.2, 0.25) is 0 Å². The lowest BCUT2D eigenvalue weighted by molar-refractivity contribution is 0.109. The van der Waals surface area contributed by atoms with Gasteiger partial charge >= 0.3 is 0 Å².